The molecule has 0 atom stereocenters. The van der Waals surface area contributed by atoms with E-state index in [1.165, 1.54) is 0 Å². The first-order valence-electron chi connectivity index (χ1n) is 5.41. The Hall–Kier alpha value is -1.61. The highest BCUT2D eigenvalue weighted by atomic mass is 16.5. The van der Waals surface area contributed by atoms with Gasteiger partial charge in [-0.05, 0) is 17.7 Å². The number of carbonyl (C=O) groups excluding carboxylic acids is 1. The summed E-state index contributed by atoms with van der Waals surface area (Å²) in [5.74, 6) is 0.0823. The molecular formula is C13H15NO2. The molecule has 1 amide bonds. The molecule has 1 saturated heterocycles. The zero-order valence-corrected chi connectivity index (χ0v) is 9.19. The summed E-state index contributed by atoms with van der Waals surface area (Å²) >= 11 is 0. The maximum absolute atomic E-state index is 12.0. The molecule has 0 saturated carbocycles. The molecule has 1 fully saturated rings. The molecule has 0 bridgehead atoms. The Morgan fingerprint density at radius 2 is 1.88 bits per heavy atom. The maximum Gasteiger partial charge on any atom is 0.254 e. The summed E-state index contributed by atoms with van der Waals surface area (Å²) in [5.41, 5.74) is 1.76. The van der Waals surface area contributed by atoms with Crippen LogP contribution in [0.15, 0.2) is 30.8 Å². The van der Waals surface area contributed by atoms with Gasteiger partial charge in [-0.25, -0.2) is 0 Å². The lowest BCUT2D eigenvalue weighted by Crippen LogP contribution is -2.40. The highest BCUT2D eigenvalue weighted by Crippen LogP contribution is 2.09. The van der Waals surface area contributed by atoms with Crippen molar-refractivity contribution in [3.63, 3.8) is 0 Å². The van der Waals surface area contributed by atoms with Gasteiger partial charge >= 0.3 is 0 Å². The van der Waals surface area contributed by atoms with Crippen LogP contribution in [0.3, 0.4) is 0 Å². The SMILES string of the molecule is C=Cc1ccc(C(=O)N2CCOCC2)cc1. The van der Waals surface area contributed by atoms with E-state index in [0.717, 1.165) is 11.1 Å². The minimum absolute atomic E-state index is 0.0823. The molecule has 3 nitrogen and oxygen atoms in total. The molecule has 16 heavy (non-hydrogen) atoms. The number of benzene rings is 1. The topological polar surface area (TPSA) is 29.5 Å². The lowest BCUT2D eigenvalue weighted by Gasteiger charge is -2.26. The Kier molecular flexibility index (Phi) is 3.37. The lowest BCUT2D eigenvalue weighted by molar-refractivity contribution is 0.0303. The van der Waals surface area contributed by atoms with Gasteiger partial charge in [0.05, 0.1) is 13.2 Å². The average Bonchev–Trinajstić information content (AvgIpc) is 2.39. The first-order valence-corrected chi connectivity index (χ1v) is 5.41. The predicted octanol–water partition coefficient (Wildman–Crippen LogP) is 1.80. The molecule has 0 aliphatic carbocycles. The zero-order valence-electron chi connectivity index (χ0n) is 9.19. The fraction of sp³-hybridized carbons (Fsp3) is 0.308. The standard InChI is InChI=1S/C13H15NO2/c1-2-11-3-5-12(6-4-11)13(15)14-7-9-16-10-8-14/h2-6H,1,7-10H2. The van der Waals surface area contributed by atoms with Crippen LogP contribution in [-0.2, 0) is 4.74 Å². The molecular weight excluding hydrogens is 202 g/mol. The second-order valence-corrected chi connectivity index (χ2v) is 3.73. The number of amides is 1. The van der Waals surface area contributed by atoms with Crippen molar-refractivity contribution in [2.45, 2.75) is 0 Å². The molecule has 1 heterocycles. The van der Waals surface area contributed by atoms with Gasteiger partial charge in [0.1, 0.15) is 0 Å². The number of nitrogens with zero attached hydrogens (tertiary/aromatic N) is 1. The summed E-state index contributed by atoms with van der Waals surface area (Å²) in [5, 5.41) is 0. The minimum Gasteiger partial charge on any atom is -0.378 e. The van der Waals surface area contributed by atoms with Crippen molar-refractivity contribution in [1.29, 1.82) is 0 Å². The maximum atomic E-state index is 12.0. The molecule has 2 rings (SSSR count). The van der Waals surface area contributed by atoms with Gasteiger partial charge in [-0.3, -0.25) is 4.79 Å². The van der Waals surface area contributed by atoms with E-state index in [2.05, 4.69) is 6.58 Å². The smallest absolute Gasteiger partial charge is 0.254 e. The van der Waals surface area contributed by atoms with Crippen molar-refractivity contribution >= 4 is 12.0 Å². The fourth-order valence-electron chi connectivity index (χ4n) is 1.71. The third-order valence-corrected chi connectivity index (χ3v) is 2.69. The Morgan fingerprint density at radius 1 is 1.25 bits per heavy atom. The summed E-state index contributed by atoms with van der Waals surface area (Å²) in [6.07, 6.45) is 1.77. The van der Waals surface area contributed by atoms with Crippen molar-refractivity contribution in [3.8, 4) is 0 Å². The third kappa shape index (κ3) is 2.31. The van der Waals surface area contributed by atoms with E-state index in [1.807, 2.05) is 29.2 Å². The van der Waals surface area contributed by atoms with Crippen LogP contribution in [-0.4, -0.2) is 37.1 Å². The largest absolute Gasteiger partial charge is 0.378 e. The van der Waals surface area contributed by atoms with E-state index in [4.69, 9.17) is 4.74 Å². The van der Waals surface area contributed by atoms with Crippen LogP contribution in [0.4, 0.5) is 0 Å². The molecule has 1 aromatic carbocycles. The van der Waals surface area contributed by atoms with Gasteiger partial charge in [-0.1, -0.05) is 24.8 Å². The van der Waals surface area contributed by atoms with Crippen LogP contribution >= 0.6 is 0 Å². The number of rotatable bonds is 2. The van der Waals surface area contributed by atoms with Gasteiger partial charge in [0.15, 0.2) is 0 Å². The summed E-state index contributed by atoms with van der Waals surface area (Å²) in [4.78, 5) is 13.9. The molecule has 1 aromatic rings. The second-order valence-electron chi connectivity index (χ2n) is 3.73. The summed E-state index contributed by atoms with van der Waals surface area (Å²) in [7, 11) is 0. The number of morpholine rings is 1. The number of carbonyl (C=O) groups is 1. The van der Waals surface area contributed by atoms with Crippen LogP contribution < -0.4 is 0 Å². The van der Waals surface area contributed by atoms with Crippen molar-refractivity contribution in [2.24, 2.45) is 0 Å². The Morgan fingerprint density at radius 3 is 2.44 bits per heavy atom. The van der Waals surface area contributed by atoms with Crippen LogP contribution in [0.1, 0.15) is 15.9 Å². The van der Waals surface area contributed by atoms with Crippen molar-refractivity contribution in [3.05, 3.63) is 42.0 Å². The molecule has 1 aliphatic heterocycles. The molecule has 0 spiro atoms. The number of hydrogen-bond donors (Lipinski definition) is 0. The van der Waals surface area contributed by atoms with Gasteiger partial charge in [0, 0.05) is 18.7 Å². The molecule has 0 radical (unpaired) electrons. The number of hydrogen-bond acceptors (Lipinski definition) is 2. The van der Waals surface area contributed by atoms with Gasteiger partial charge < -0.3 is 9.64 Å². The first-order chi connectivity index (χ1) is 7.81. The van der Waals surface area contributed by atoms with Crippen molar-refractivity contribution in [2.75, 3.05) is 26.3 Å². The van der Waals surface area contributed by atoms with Gasteiger partial charge in [0.2, 0.25) is 0 Å². The summed E-state index contributed by atoms with van der Waals surface area (Å²) in [6, 6.07) is 7.49. The highest BCUT2D eigenvalue weighted by molar-refractivity contribution is 5.94. The third-order valence-electron chi connectivity index (χ3n) is 2.69. The van der Waals surface area contributed by atoms with Crippen LogP contribution in [0.25, 0.3) is 6.08 Å². The monoisotopic (exact) mass is 217 g/mol. The average molecular weight is 217 g/mol. The van der Waals surface area contributed by atoms with Crippen LogP contribution in [0, 0.1) is 0 Å². The van der Waals surface area contributed by atoms with Crippen molar-refractivity contribution in [1.82, 2.24) is 4.90 Å². The van der Waals surface area contributed by atoms with Crippen LogP contribution in [0.2, 0.25) is 0 Å². The quantitative estimate of drug-likeness (QED) is 0.756. The van der Waals surface area contributed by atoms with E-state index in [1.54, 1.807) is 6.08 Å². The minimum atomic E-state index is 0.0823. The lowest BCUT2D eigenvalue weighted by atomic mass is 10.1. The molecule has 1 aliphatic rings. The van der Waals surface area contributed by atoms with E-state index in [9.17, 15) is 4.79 Å². The zero-order chi connectivity index (χ0) is 11.4. The predicted molar refractivity (Wildman–Crippen MR) is 63.3 cm³/mol. The van der Waals surface area contributed by atoms with Gasteiger partial charge in [-0.2, -0.15) is 0 Å². The first kappa shape index (κ1) is 10.9. The van der Waals surface area contributed by atoms with E-state index >= 15 is 0 Å². The Balaban J connectivity index is 2.10. The van der Waals surface area contributed by atoms with E-state index in [0.29, 0.717) is 26.3 Å². The molecule has 3 heteroatoms. The summed E-state index contributed by atoms with van der Waals surface area (Å²) in [6.45, 7) is 6.32. The Bertz CT molecular complexity index is 377. The van der Waals surface area contributed by atoms with Gasteiger partial charge in [-0.15, -0.1) is 0 Å². The van der Waals surface area contributed by atoms with Gasteiger partial charge in [0.25, 0.3) is 5.91 Å². The highest BCUT2D eigenvalue weighted by Gasteiger charge is 2.17. The normalized spacial score (nSPS) is 15.9. The summed E-state index contributed by atoms with van der Waals surface area (Å²) < 4.78 is 5.22. The van der Waals surface area contributed by atoms with E-state index in [-0.39, 0.29) is 5.91 Å². The fourth-order valence-corrected chi connectivity index (χ4v) is 1.71. The molecule has 0 unspecified atom stereocenters. The Labute approximate surface area is 95.3 Å². The second kappa shape index (κ2) is 4.94. The molecule has 0 aromatic heterocycles. The molecule has 84 valence electrons. The van der Waals surface area contributed by atoms with E-state index < -0.39 is 0 Å². The van der Waals surface area contributed by atoms with Crippen LogP contribution in [0.5, 0.6) is 0 Å². The molecule has 0 N–H and O–H groups in total. The number of ether oxygens (including phenoxy) is 1. The van der Waals surface area contributed by atoms with Crippen molar-refractivity contribution < 1.29 is 9.53 Å².